The Morgan fingerprint density at radius 2 is 2.17 bits per heavy atom. The average Bonchev–Trinajstić information content (AvgIpc) is 3.14. The first kappa shape index (κ1) is 14.0. The number of nitriles is 1. The minimum Gasteiger partial charge on any atom is -0.322 e. The summed E-state index contributed by atoms with van der Waals surface area (Å²) in [7, 11) is 0. The highest BCUT2D eigenvalue weighted by atomic mass is 15.3. The second kappa shape index (κ2) is 5.52. The van der Waals surface area contributed by atoms with Gasteiger partial charge in [0.1, 0.15) is 17.7 Å². The molecule has 0 radical (unpaired) electrons. The third-order valence-corrected chi connectivity index (χ3v) is 4.49. The Hall–Kier alpha value is -2.65. The molecule has 3 aromatic heterocycles. The fourth-order valence-electron chi connectivity index (χ4n) is 3.33. The van der Waals surface area contributed by atoms with E-state index in [1.807, 2.05) is 28.8 Å². The van der Waals surface area contributed by atoms with Gasteiger partial charge in [0, 0.05) is 44.0 Å². The predicted octanol–water partition coefficient (Wildman–Crippen LogP) is 1.98. The summed E-state index contributed by atoms with van der Waals surface area (Å²) in [6.07, 6.45) is 4.96. The van der Waals surface area contributed by atoms with E-state index >= 15 is 0 Å². The molecule has 1 aliphatic rings. The average molecular weight is 306 g/mol. The van der Waals surface area contributed by atoms with E-state index in [1.165, 1.54) is 0 Å². The first-order valence-corrected chi connectivity index (χ1v) is 7.92. The summed E-state index contributed by atoms with van der Waals surface area (Å²) in [5.41, 5.74) is 2.81. The Bertz CT molecular complexity index is 898. The number of hydrogen-bond acceptors (Lipinski definition) is 4. The summed E-state index contributed by atoms with van der Waals surface area (Å²) in [5, 5.41) is 18.1. The van der Waals surface area contributed by atoms with E-state index in [1.54, 1.807) is 0 Å². The van der Waals surface area contributed by atoms with Gasteiger partial charge in [0.15, 0.2) is 0 Å². The Kier molecular flexibility index (Phi) is 3.36. The number of hydrogen-bond donors (Lipinski definition) is 0. The first-order chi connectivity index (χ1) is 11.3. The van der Waals surface area contributed by atoms with E-state index in [-0.39, 0.29) is 0 Å². The van der Waals surface area contributed by atoms with Crippen LogP contribution < -0.4 is 0 Å². The zero-order valence-electron chi connectivity index (χ0n) is 13.1. The van der Waals surface area contributed by atoms with Gasteiger partial charge >= 0.3 is 0 Å². The quantitative estimate of drug-likeness (QED) is 0.742. The van der Waals surface area contributed by atoms with Gasteiger partial charge in [-0.1, -0.05) is 13.0 Å². The lowest BCUT2D eigenvalue weighted by molar-refractivity contribution is 0.207. The molecule has 6 heteroatoms. The molecule has 0 fully saturated rings. The number of rotatable bonds is 3. The molecule has 0 spiro atoms. The monoisotopic (exact) mass is 306 g/mol. The van der Waals surface area contributed by atoms with Gasteiger partial charge in [-0.05, 0) is 12.1 Å². The van der Waals surface area contributed by atoms with Gasteiger partial charge in [-0.2, -0.15) is 5.26 Å². The topological polar surface area (TPSA) is 62.1 Å². The molecule has 4 heterocycles. The predicted molar refractivity (Wildman–Crippen MR) is 85.6 cm³/mol. The van der Waals surface area contributed by atoms with Crippen molar-refractivity contribution in [2.45, 2.75) is 33.0 Å². The summed E-state index contributed by atoms with van der Waals surface area (Å²) in [6.45, 7) is 5.52. The molecule has 0 amide bonds. The molecule has 0 unspecified atom stereocenters. The molecular formula is C17H18N6. The summed E-state index contributed by atoms with van der Waals surface area (Å²) in [5.74, 6) is 2.09. The Balaban J connectivity index is 1.61. The lowest BCUT2D eigenvalue weighted by Crippen LogP contribution is -2.34. The van der Waals surface area contributed by atoms with Crippen molar-refractivity contribution in [2.75, 3.05) is 6.54 Å². The zero-order chi connectivity index (χ0) is 15.8. The van der Waals surface area contributed by atoms with Gasteiger partial charge < -0.3 is 8.97 Å². The normalized spacial score (nSPS) is 14.8. The van der Waals surface area contributed by atoms with Gasteiger partial charge in [0.05, 0.1) is 17.6 Å². The molecule has 23 heavy (non-hydrogen) atoms. The second-order valence-electron chi connectivity index (χ2n) is 5.88. The maximum atomic E-state index is 9.52. The minimum atomic E-state index is 0.763. The lowest BCUT2D eigenvalue weighted by atomic mass is 10.1. The molecule has 0 atom stereocenters. The smallest absolute Gasteiger partial charge is 0.147 e. The van der Waals surface area contributed by atoms with Crippen molar-refractivity contribution < 1.29 is 0 Å². The van der Waals surface area contributed by atoms with Crippen LogP contribution in [0.15, 0.2) is 30.6 Å². The maximum absolute atomic E-state index is 9.52. The third-order valence-electron chi connectivity index (χ3n) is 4.49. The van der Waals surface area contributed by atoms with Crippen molar-refractivity contribution in [3.8, 4) is 6.07 Å². The standard InChI is InChI=1S/C17H18N6/c1-2-16-19-20-17-12-21(7-8-23(16)17)10-13-11-22-6-4-3-5-15(22)14(13)9-18/h3-6,11H,2,7-8,10,12H2,1H3. The highest BCUT2D eigenvalue weighted by Crippen LogP contribution is 2.21. The molecule has 4 rings (SSSR count). The summed E-state index contributed by atoms with van der Waals surface area (Å²) in [6, 6.07) is 8.30. The number of aryl methyl sites for hydroxylation is 1. The van der Waals surface area contributed by atoms with Crippen LogP contribution in [0, 0.1) is 11.3 Å². The minimum absolute atomic E-state index is 0.763. The number of nitrogens with zero attached hydrogens (tertiary/aromatic N) is 6. The Morgan fingerprint density at radius 3 is 3.00 bits per heavy atom. The van der Waals surface area contributed by atoms with Gasteiger partial charge in [0.2, 0.25) is 0 Å². The lowest BCUT2D eigenvalue weighted by Gasteiger charge is -2.27. The molecule has 0 N–H and O–H groups in total. The molecule has 0 bridgehead atoms. The van der Waals surface area contributed by atoms with Gasteiger partial charge in [-0.15, -0.1) is 10.2 Å². The molecule has 1 aliphatic heterocycles. The van der Waals surface area contributed by atoms with Crippen LogP contribution in [-0.4, -0.2) is 30.6 Å². The summed E-state index contributed by atoms with van der Waals surface area (Å²) in [4.78, 5) is 2.33. The third kappa shape index (κ3) is 2.30. The Morgan fingerprint density at radius 1 is 1.26 bits per heavy atom. The van der Waals surface area contributed by atoms with Gasteiger partial charge in [-0.25, -0.2) is 0 Å². The van der Waals surface area contributed by atoms with Crippen molar-refractivity contribution >= 4 is 5.52 Å². The van der Waals surface area contributed by atoms with Crippen LogP contribution in [0.2, 0.25) is 0 Å². The number of fused-ring (bicyclic) bond motifs is 2. The SMILES string of the molecule is CCc1nnc2n1CCN(Cc1cn3ccccc3c1C#N)C2. The second-order valence-corrected chi connectivity index (χ2v) is 5.88. The van der Waals surface area contributed by atoms with Crippen LogP contribution in [0.3, 0.4) is 0 Å². The fraction of sp³-hybridized carbons (Fsp3) is 0.353. The van der Waals surface area contributed by atoms with Crippen molar-refractivity contribution in [2.24, 2.45) is 0 Å². The molecule has 0 aliphatic carbocycles. The largest absolute Gasteiger partial charge is 0.322 e. The van der Waals surface area contributed by atoms with Crippen LogP contribution in [0.5, 0.6) is 0 Å². The summed E-state index contributed by atoms with van der Waals surface area (Å²) >= 11 is 0. The van der Waals surface area contributed by atoms with Crippen LogP contribution in [0.25, 0.3) is 5.52 Å². The van der Waals surface area contributed by atoms with Crippen molar-refractivity contribution in [1.82, 2.24) is 24.1 Å². The molecule has 6 nitrogen and oxygen atoms in total. The van der Waals surface area contributed by atoms with Gasteiger partial charge in [0.25, 0.3) is 0 Å². The molecule has 0 aromatic carbocycles. The zero-order valence-corrected chi connectivity index (χ0v) is 13.1. The van der Waals surface area contributed by atoms with E-state index in [4.69, 9.17) is 0 Å². The summed E-state index contributed by atoms with van der Waals surface area (Å²) < 4.78 is 4.24. The number of pyridine rings is 1. The molecular weight excluding hydrogens is 288 g/mol. The highest BCUT2D eigenvalue weighted by Gasteiger charge is 2.22. The fourth-order valence-corrected chi connectivity index (χ4v) is 3.33. The molecule has 0 saturated carbocycles. The van der Waals surface area contributed by atoms with E-state index in [2.05, 4.69) is 38.9 Å². The van der Waals surface area contributed by atoms with Crippen LogP contribution in [-0.2, 0) is 26.1 Å². The Labute approximate surface area is 134 Å². The van der Waals surface area contributed by atoms with E-state index < -0.39 is 0 Å². The highest BCUT2D eigenvalue weighted by molar-refractivity contribution is 5.65. The van der Waals surface area contributed by atoms with Crippen LogP contribution in [0.4, 0.5) is 0 Å². The van der Waals surface area contributed by atoms with E-state index in [0.717, 1.165) is 60.9 Å². The van der Waals surface area contributed by atoms with Gasteiger partial charge in [-0.3, -0.25) is 4.90 Å². The molecule has 116 valence electrons. The first-order valence-electron chi connectivity index (χ1n) is 7.92. The molecule has 0 saturated heterocycles. The van der Waals surface area contributed by atoms with Crippen molar-refractivity contribution in [1.29, 1.82) is 5.26 Å². The maximum Gasteiger partial charge on any atom is 0.147 e. The van der Waals surface area contributed by atoms with E-state index in [0.29, 0.717) is 0 Å². The number of aromatic nitrogens is 4. The van der Waals surface area contributed by atoms with Crippen LogP contribution >= 0.6 is 0 Å². The van der Waals surface area contributed by atoms with Crippen molar-refractivity contribution in [3.63, 3.8) is 0 Å². The molecule has 3 aromatic rings. The van der Waals surface area contributed by atoms with E-state index in [9.17, 15) is 5.26 Å². The van der Waals surface area contributed by atoms with Crippen molar-refractivity contribution in [3.05, 3.63) is 53.4 Å². The van der Waals surface area contributed by atoms with Crippen LogP contribution in [0.1, 0.15) is 29.7 Å².